The minimum absolute atomic E-state index is 0.747. The van der Waals surface area contributed by atoms with Gasteiger partial charge in [-0.05, 0) is 19.8 Å². The summed E-state index contributed by atoms with van der Waals surface area (Å²) < 4.78 is 7.49. The molecule has 0 atom stereocenters. The van der Waals surface area contributed by atoms with Crippen LogP contribution in [0.1, 0.15) is 45.0 Å². The molecule has 0 amide bonds. The van der Waals surface area contributed by atoms with Crippen LogP contribution >= 0.6 is 11.6 Å². The maximum absolute atomic E-state index is 6.34. The summed E-state index contributed by atoms with van der Waals surface area (Å²) in [5, 5.41) is 8.67. The number of unbranched alkanes of at least 4 members (excludes halogenated alkanes) is 1. The molecule has 1 heterocycles. The molecular weight excluding hydrogens is 262 g/mol. The highest BCUT2D eigenvalue weighted by atomic mass is 35.5. The summed E-state index contributed by atoms with van der Waals surface area (Å²) >= 11 is 6.34. The normalized spacial score (nSPS) is 11.2. The maximum Gasteiger partial charge on any atom is 0.0863 e. The van der Waals surface area contributed by atoms with Gasteiger partial charge in [0.15, 0.2) is 0 Å². The number of nitrogens with one attached hydrogen (secondary N) is 1. The van der Waals surface area contributed by atoms with Gasteiger partial charge in [0.2, 0.25) is 0 Å². The molecule has 0 unspecified atom stereocenters. The van der Waals surface area contributed by atoms with Crippen LogP contribution in [0.5, 0.6) is 0 Å². The van der Waals surface area contributed by atoms with Crippen LogP contribution in [0.15, 0.2) is 0 Å². The summed E-state index contributed by atoms with van der Waals surface area (Å²) in [4.78, 5) is 0. The van der Waals surface area contributed by atoms with Gasteiger partial charge in [-0.15, -0.1) is 0 Å². The molecule has 1 N–H and O–H groups in total. The van der Waals surface area contributed by atoms with Gasteiger partial charge in [-0.25, -0.2) is 0 Å². The van der Waals surface area contributed by atoms with E-state index in [-0.39, 0.29) is 0 Å². The van der Waals surface area contributed by atoms with Gasteiger partial charge in [-0.3, -0.25) is 4.68 Å². The fourth-order valence-electron chi connectivity index (χ4n) is 1.89. The summed E-state index contributed by atoms with van der Waals surface area (Å²) in [6, 6.07) is 0. The predicted molar refractivity (Wildman–Crippen MR) is 79.7 cm³/mol. The van der Waals surface area contributed by atoms with Crippen molar-refractivity contribution >= 4 is 11.6 Å². The third-order valence-electron chi connectivity index (χ3n) is 3.05. The Bertz CT molecular complexity index is 366. The molecule has 0 fully saturated rings. The first kappa shape index (κ1) is 16.5. The van der Waals surface area contributed by atoms with E-state index in [0.717, 1.165) is 62.1 Å². The molecule has 0 aliphatic heterocycles. The molecule has 110 valence electrons. The first-order valence-corrected chi connectivity index (χ1v) is 7.64. The third kappa shape index (κ3) is 5.13. The van der Waals surface area contributed by atoms with Gasteiger partial charge in [0.05, 0.1) is 23.0 Å². The van der Waals surface area contributed by atoms with Gasteiger partial charge in [0.25, 0.3) is 0 Å². The highest BCUT2D eigenvalue weighted by Crippen LogP contribution is 2.21. The summed E-state index contributed by atoms with van der Waals surface area (Å²) in [7, 11) is 0. The summed E-state index contributed by atoms with van der Waals surface area (Å²) in [6.45, 7) is 10.4. The van der Waals surface area contributed by atoms with Gasteiger partial charge in [0, 0.05) is 26.2 Å². The Hall–Kier alpha value is -0.580. The van der Waals surface area contributed by atoms with Crippen LogP contribution < -0.4 is 5.32 Å². The first-order valence-electron chi connectivity index (χ1n) is 7.27. The molecule has 1 aromatic heterocycles. The number of hydrogen-bond donors (Lipinski definition) is 1. The Labute approximate surface area is 121 Å². The van der Waals surface area contributed by atoms with Crippen molar-refractivity contribution in [3.05, 3.63) is 16.4 Å². The van der Waals surface area contributed by atoms with Gasteiger partial charge < -0.3 is 10.1 Å². The van der Waals surface area contributed by atoms with Crippen molar-refractivity contribution in [3.63, 3.8) is 0 Å². The van der Waals surface area contributed by atoms with E-state index >= 15 is 0 Å². The lowest BCUT2D eigenvalue weighted by atomic mass is 10.3. The number of hydrogen-bond acceptors (Lipinski definition) is 3. The number of ether oxygens (including phenoxy) is 1. The first-order chi connectivity index (χ1) is 9.24. The zero-order chi connectivity index (χ0) is 14.1. The minimum atomic E-state index is 0.747. The van der Waals surface area contributed by atoms with Crippen LogP contribution in [0.2, 0.25) is 5.02 Å². The van der Waals surface area contributed by atoms with Crippen molar-refractivity contribution in [2.45, 2.75) is 53.1 Å². The second kappa shape index (κ2) is 9.34. The quantitative estimate of drug-likeness (QED) is 0.672. The fraction of sp³-hybridized carbons (Fsp3) is 0.786. The van der Waals surface area contributed by atoms with Crippen LogP contribution in [0.25, 0.3) is 0 Å². The van der Waals surface area contributed by atoms with E-state index in [4.69, 9.17) is 16.3 Å². The van der Waals surface area contributed by atoms with E-state index in [1.807, 2.05) is 4.68 Å². The zero-order valence-electron chi connectivity index (χ0n) is 12.3. The Morgan fingerprint density at radius 1 is 1.26 bits per heavy atom. The van der Waals surface area contributed by atoms with E-state index in [2.05, 4.69) is 31.2 Å². The number of rotatable bonds is 10. The number of aromatic nitrogens is 2. The van der Waals surface area contributed by atoms with E-state index in [0.29, 0.717) is 0 Å². The van der Waals surface area contributed by atoms with Gasteiger partial charge in [-0.1, -0.05) is 31.9 Å². The van der Waals surface area contributed by atoms with Gasteiger partial charge >= 0.3 is 0 Å². The van der Waals surface area contributed by atoms with E-state index in [1.54, 1.807) is 0 Å². The number of nitrogens with zero attached hydrogens (tertiary/aromatic N) is 2. The molecule has 1 aromatic rings. The average Bonchev–Trinajstić information content (AvgIpc) is 2.74. The molecule has 5 heteroatoms. The van der Waals surface area contributed by atoms with Crippen LogP contribution in [0.4, 0.5) is 0 Å². The van der Waals surface area contributed by atoms with Crippen LogP contribution in [-0.4, -0.2) is 29.5 Å². The molecule has 4 nitrogen and oxygen atoms in total. The Morgan fingerprint density at radius 3 is 2.68 bits per heavy atom. The smallest absolute Gasteiger partial charge is 0.0863 e. The molecule has 0 aliphatic rings. The molecule has 0 saturated heterocycles. The summed E-state index contributed by atoms with van der Waals surface area (Å²) in [5.74, 6) is 0. The lowest BCUT2D eigenvalue weighted by Crippen LogP contribution is -2.21. The third-order valence-corrected chi connectivity index (χ3v) is 3.49. The molecule has 0 radical (unpaired) electrons. The lowest BCUT2D eigenvalue weighted by Gasteiger charge is -2.08. The van der Waals surface area contributed by atoms with Crippen LogP contribution in [0.3, 0.4) is 0 Å². The van der Waals surface area contributed by atoms with Crippen molar-refractivity contribution in [1.29, 1.82) is 0 Å². The zero-order valence-corrected chi connectivity index (χ0v) is 13.1. The van der Waals surface area contributed by atoms with E-state index in [1.165, 1.54) is 6.42 Å². The van der Waals surface area contributed by atoms with Crippen molar-refractivity contribution < 1.29 is 4.74 Å². The molecule has 0 saturated carbocycles. The monoisotopic (exact) mass is 287 g/mol. The van der Waals surface area contributed by atoms with Crippen LogP contribution in [-0.2, 0) is 24.2 Å². The molecule has 0 spiro atoms. The fourth-order valence-corrected chi connectivity index (χ4v) is 2.22. The molecule has 1 rings (SSSR count). The summed E-state index contributed by atoms with van der Waals surface area (Å²) in [5.41, 5.74) is 2.06. The molecular formula is C14H26ClN3O. The van der Waals surface area contributed by atoms with Gasteiger partial charge in [0.1, 0.15) is 0 Å². The second-order valence-corrected chi connectivity index (χ2v) is 4.90. The second-order valence-electron chi connectivity index (χ2n) is 4.52. The topological polar surface area (TPSA) is 39.1 Å². The van der Waals surface area contributed by atoms with E-state index < -0.39 is 0 Å². The Morgan fingerprint density at radius 2 is 2.05 bits per heavy atom. The lowest BCUT2D eigenvalue weighted by molar-refractivity contribution is 0.132. The maximum atomic E-state index is 6.34. The SMILES string of the molecule is CCCCOCCNCc1c(Cl)c(CC)nn1CC. The molecule has 0 aliphatic carbocycles. The van der Waals surface area contributed by atoms with Gasteiger partial charge in [-0.2, -0.15) is 5.10 Å². The molecule has 0 aromatic carbocycles. The highest BCUT2D eigenvalue weighted by molar-refractivity contribution is 6.31. The highest BCUT2D eigenvalue weighted by Gasteiger charge is 2.13. The van der Waals surface area contributed by atoms with Crippen molar-refractivity contribution in [2.75, 3.05) is 19.8 Å². The standard InChI is InChI=1S/C14H26ClN3O/c1-4-7-9-19-10-8-16-11-13-14(15)12(5-2)17-18(13)6-3/h16H,4-11H2,1-3H3. The van der Waals surface area contributed by atoms with Crippen LogP contribution in [0, 0.1) is 0 Å². The van der Waals surface area contributed by atoms with Crippen molar-refractivity contribution in [2.24, 2.45) is 0 Å². The summed E-state index contributed by atoms with van der Waals surface area (Å²) in [6.07, 6.45) is 3.19. The minimum Gasteiger partial charge on any atom is -0.380 e. The van der Waals surface area contributed by atoms with Crippen molar-refractivity contribution in [1.82, 2.24) is 15.1 Å². The van der Waals surface area contributed by atoms with Crippen molar-refractivity contribution in [3.8, 4) is 0 Å². The number of aryl methyl sites for hydroxylation is 2. The largest absolute Gasteiger partial charge is 0.380 e. The molecule has 19 heavy (non-hydrogen) atoms. The number of halogens is 1. The predicted octanol–water partition coefficient (Wildman–Crippen LogP) is 3.03. The molecule has 0 bridgehead atoms. The van der Waals surface area contributed by atoms with E-state index in [9.17, 15) is 0 Å². The Kier molecular flexibility index (Phi) is 8.10. The Balaban J connectivity index is 2.34. The average molecular weight is 288 g/mol.